The second kappa shape index (κ2) is 8.14. The Labute approximate surface area is 148 Å². The van der Waals surface area contributed by atoms with Gasteiger partial charge in [-0.3, -0.25) is 14.4 Å². The molecule has 2 aliphatic rings. The predicted molar refractivity (Wildman–Crippen MR) is 92.3 cm³/mol. The lowest BCUT2D eigenvalue weighted by molar-refractivity contribution is -0.161. The number of ether oxygens (including phenoxy) is 1. The molecular formula is C17H30N4O4. The van der Waals surface area contributed by atoms with E-state index in [-0.39, 0.29) is 17.3 Å². The number of esters is 1. The van der Waals surface area contributed by atoms with Crippen LogP contribution in [0.4, 0.5) is 0 Å². The highest BCUT2D eigenvalue weighted by Crippen LogP contribution is 2.54. The van der Waals surface area contributed by atoms with Gasteiger partial charge in [0.25, 0.3) is 0 Å². The van der Waals surface area contributed by atoms with Crippen LogP contribution in [-0.2, 0) is 19.1 Å². The van der Waals surface area contributed by atoms with Gasteiger partial charge in [0.2, 0.25) is 12.3 Å². The Morgan fingerprint density at radius 2 is 1.92 bits per heavy atom. The second-order valence-electron chi connectivity index (χ2n) is 7.45. The highest BCUT2D eigenvalue weighted by molar-refractivity contribution is 5.84. The quantitative estimate of drug-likeness (QED) is 0.306. The number of piperidine rings is 1. The fraction of sp³-hybridized carbons (Fsp3) is 0.824. The number of hydrogen-bond donors (Lipinski definition) is 3. The van der Waals surface area contributed by atoms with Gasteiger partial charge in [0, 0.05) is 13.1 Å². The number of amides is 2. The van der Waals surface area contributed by atoms with Gasteiger partial charge in [-0.2, -0.15) is 0 Å². The number of nitrogens with zero attached hydrogens (tertiary/aromatic N) is 1. The van der Waals surface area contributed by atoms with Crippen molar-refractivity contribution in [1.82, 2.24) is 10.2 Å². The zero-order valence-corrected chi connectivity index (χ0v) is 15.0. The standard InChI is InChI=1S/C17H30N4O4/c1-25-15(24)17(19)10-16(11-17)5-8-21(9-6-16)14(23)13(20-12-22)4-2-3-7-18/h12-13H,2-11,18-19H2,1H3,(H,20,22). The molecule has 1 saturated heterocycles. The summed E-state index contributed by atoms with van der Waals surface area (Å²) in [7, 11) is 1.36. The molecule has 8 heteroatoms. The van der Waals surface area contributed by atoms with Gasteiger partial charge in [-0.05, 0) is 56.9 Å². The average molecular weight is 354 g/mol. The van der Waals surface area contributed by atoms with Crippen LogP contribution in [0.3, 0.4) is 0 Å². The number of carbonyl (C=O) groups excluding carboxylic acids is 3. The van der Waals surface area contributed by atoms with Gasteiger partial charge in [-0.15, -0.1) is 0 Å². The molecule has 142 valence electrons. The first-order valence-corrected chi connectivity index (χ1v) is 8.95. The van der Waals surface area contributed by atoms with E-state index in [1.807, 2.05) is 4.90 Å². The van der Waals surface area contributed by atoms with Crippen LogP contribution in [0, 0.1) is 5.41 Å². The third-order valence-electron chi connectivity index (χ3n) is 5.62. The Balaban J connectivity index is 1.85. The van der Waals surface area contributed by atoms with Gasteiger partial charge < -0.3 is 26.4 Å². The minimum absolute atomic E-state index is 0.0346. The van der Waals surface area contributed by atoms with Crippen LogP contribution in [0.15, 0.2) is 0 Å². The molecule has 1 unspecified atom stereocenters. The Hall–Kier alpha value is -1.67. The van der Waals surface area contributed by atoms with Crippen molar-refractivity contribution in [1.29, 1.82) is 0 Å². The van der Waals surface area contributed by atoms with Crippen molar-refractivity contribution in [3.05, 3.63) is 0 Å². The van der Waals surface area contributed by atoms with E-state index in [1.54, 1.807) is 0 Å². The van der Waals surface area contributed by atoms with E-state index in [0.717, 1.165) is 25.7 Å². The Morgan fingerprint density at radius 3 is 2.44 bits per heavy atom. The maximum atomic E-state index is 12.7. The molecule has 1 aliphatic heterocycles. The first-order valence-electron chi connectivity index (χ1n) is 8.95. The summed E-state index contributed by atoms with van der Waals surface area (Å²) in [6, 6.07) is -0.483. The molecule has 1 heterocycles. The van der Waals surface area contributed by atoms with Crippen LogP contribution >= 0.6 is 0 Å². The third kappa shape index (κ3) is 4.30. The first kappa shape index (κ1) is 19.7. The minimum atomic E-state index is -0.870. The van der Waals surface area contributed by atoms with Crippen LogP contribution < -0.4 is 16.8 Å². The normalized spacial score (nSPS) is 22.0. The van der Waals surface area contributed by atoms with Gasteiger partial charge in [0.1, 0.15) is 11.6 Å². The van der Waals surface area contributed by atoms with Crippen LogP contribution in [0.5, 0.6) is 0 Å². The van der Waals surface area contributed by atoms with Gasteiger partial charge in [0.15, 0.2) is 0 Å². The summed E-state index contributed by atoms with van der Waals surface area (Å²) in [5.74, 6) is -0.392. The molecule has 25 heavy (non-hydrogen) atoms. The maximum absolute atomic E-state index is 12.7. The summed E-state index contributed by atoms with van der Waals surface area (Å²) in [5.41, 5.74) is 10.7. The Bertz CT molecular complexity index is 495. The largest absolute Gasteiger partial charge is 0.468 e. The molecule has 2 amide bonds. The fourth-order valence-corrected chi connectivity index (χ4v) is 4.26. The molecule has 0 radical (unpaired) electrons. The van der Waals surface area contributed by atoms with E-state index in [0.29, 0.717) is 45.3 Å². The monoisotopic (exact) mass is 354 g/mol. The number of likely N-dealkylation sites (tertiary alicyclic amines) is 1. The van der Waals surface area contributed by atoms with Crippen molar-refractivity contribution < 1.29 is 19.1 Å². The molecule has 1 atom stereocenters. The van der Waals surface area contributed by atoms with Crippen molar-refractivity contribution >= 4 is 18.3 Å². The number of nitrogens with one attached hydrogen (secondary N) is 1. The summed E-state index contributed by atoms with van der Waals surface area (Å²) in [5, 5.41) is 2.63. The summed E-state index contributed by atoms with van der Waals surface area (Å²) >= 11 is 0. The lowest BCUT2D eigenvalue weighted by Crippen LogP contribution is -2.65. The molecule has 2 fully saturated rings. The average Bonchev–Trinajstić information content (AvgIpc) is 2.59. The van der Waals surface area contributed by atoms with E-state index in [2.05, 4.69) is 5.32 Å². The number of methoxy groups -OCH3 is 1. The minimum Gasteiger partial charge on any atom is -0.468 e. The van der Waals surface area contributed by atoms with Gasteiger partial charge in [-0.1, -0.05) is 0 Å². The summed E-state index contributed by atoms with van der Waals surface area (Å²) in [4.78, 5) is 37.0. The molecule has 1 aliphatic carbocycles. The van der Waals surface area contributed by atoms with E-state index in [1.165, 1.54) is 7.11 Å². The lowest BCUT2D eigenvalue weighted by atomic mass is 9.54. The van der Waals surface area contributed by atoms with Crippen LogP contribution in [0.25, 0.3) is 0 Å². The van der Waals surface area contributed by atoms with E-state index < -0.39 is 11.6 Å². The van der Waals surface area contributed by atoms with Crippen LogP contribution in [0.2, 0.25) is 0 Å². The van der Waals surface area contributed by atoms with E-state index in [4.69, 9.17) is 16.2 Å². The highest BCUT2D eigenvalue weighted by atomic mass is 16.5. The van der Waals surface area contributed by atoms with Crippen molar-refractivity contribution in [2.75, 3.05) is 26.7 Å². The lowest BCUT2D eigenvalue weighted by Gasteiger charge is -2.56. The predicted octanol–water partition coefficient (Wildman–Crippen LogP) is -0.497. The molecule has 0 aromatic rings. The molecule has 8 nitrogen and oxygen atoms in total. The zero-order chi connectivity index (χ0) is 18.5. The van der Waals surface area contributed by atoms with E-state index >= 15 is 0 Å². The number of unbranched alkanes of at least 4 members (excludes halogenated alkanes) is 1. The number of nitrogens with two attached hydrogens (primary N) is 2. The topological polar surface area (TPSA) is 128 Å². The summed E-state index contributed by atoms with van der Waals surface area (Å²) in [6.07, 6.45) is 5.70. The SMILES string of the molecule is COC(=O)C1(N)CC2(CCN(C(=O)C(CCCCN)NC=O)CC2)C1. The number of hydrogen-bond acceptors (Lipinski definition) is 6. The van der Waals surface area contributed by atoms with Gasteiger partial charge in [0.05, 0.1) is 7.11 Å². The summed E-state index contributed by atoms with van der Waals surface area (Å²) < 4.78 is 4.78. The maximum Gasteiger partial charge on any atom is 0.325 e. The Morgan fingerprint density at radius 1 is 1.28 bits per heavy atom. The molecule has 0 aromatic heterocycles. The van der Waals surface area contributed by atoms with Crippen LogP contribution in [0.1, 0.15) is 44.9 Å². The van der Waals surface area contributed by atoms with Crippen molar-refractivity contribution in [3.63, 3.8) is 0 Å². The fourth-order valence-electron chi connectivity index (χ4n) is 4.26. The van der Waals surface area contributed by atoms with Crippen molar-refractivity contribution in [2.45, 2.75) is 56.5 Å². The summed E-state index contributed by atoms with van der Waals surface area (Å²) in [6.45, 7) is 1.84. The van der Waals surface area contributed by atoms with Crippen molar-refractivity contribution in [2.24, 2.45) is 16.9 Å². The Kier molecular flexibility index (Phi) is 6.40. The zero-order valence-electron chi connectivity index (χ0n) is 15.0. The highest BCUT2D eigenvalue weighted by Gasteiger charge is 2.58. The number of carbonyl (C=O) groups is 3. The second-order valence-corrected chi connectivity index (χ2v) is 7.45. The molecule has 0 aromatic carbocycles. The van der Waals surface area contributed by atoms with Gasteiger partial charge in [-0.25, -0.2) is 0 Å². The third-order valence-corrected chi connectivity index (χ3v) is 5.62. The smallest absolute Gasteiger partial charge is 0.325 e. The molecular weight excluding hydrogens is 324 g/mol. The molecule has 2 rings (SSSR count). The van der Waals surface area contributed by atoms with Gasteiger partial charge >= 0.3 is 5.97 Å². The molecule has 0 bridgehead atoms. The van der Waals surface area contributed by atoms with Crippen molar-refractivity contribution in [3.8, 4) is 0 Å². The molecule has 1 saturated carbocycles. The van der Waals surface area contributed by atoms with Crippen LogP contribution in [-0.4, -0.2) is 61.5 Å². The molecule has 1 spiro atoms. The molecule has 5 N–H and O–H groups in total. The first-order chi connectivity index (χ1) is 11.9. The number of rotatable bonds is 8. The van der Waals surface area contributed by atoms with E-state index in [9.17, 15) is 14.4 Å².